The SMILES string of the molecule is CC(OC1CCC(CNC(=O)c2cccnc2Oc2nonc2Cc2ccccc2)CC1)C(=O)O. The lowest BCUT2D eigenvalue weighted by atomic mass is 9.87. The average molecular weight is 481 g/mol. The second-order valence-corrected chi connectivity index (χ2v) is 8.61. The first-order chi connectivity index (χ1) is 17.0. The van der Waals surface area contributed by atoms with Crippen LogP contribution in [0.1, 0.15) is 54.2 Å². The van der Waals surface area contributed by atoms with Crippen LogP contribution >= 0.6 is 0 Å². The summed E-state index contributed by atoms with van der Waals surface area (Å²) in [5.41, 5.74) is 1.81. The Balaban J connectivity index is 1.32. The summed E-state index contributed by atoms with van der Waals surface area (Å²) in [5.74, 6) is -0.683. The van der Waals surface area contributed by atoms with Crippen molar-refractivity contribution in [2.24, 2.45) is 5.92 Å². The highest BCUT2D eigenvalue weighted by molar-refractivity contribution is 5.96. The molecule has 0 saturated heterocycles. The molecule has 10 nitrogen and oxygen atoms in total. The topological polar surface area (TPSA) is 137 Å². The molecule has 1 fully saturated rings. The van der Waals surface area contributed by atoms with Crippen LogP contribution in [0.2, 0.25) is 0 Å². The third kappa shape index (κ3) is 6.63. The van der Waals surface area contributed by atoms with Crippen LogP contribution in [0.15, 0.2) is 53.3 Å². The maximum absolute atomic E-state index is 12.9. The van der Waals surface area contributed by atoms with E-state index >= 15 is 0 Å². The van der Waals surface area contributed by atoms with E-state index in [-0.39, 0.29) is 35.3 Å². The number of pyridine rings is 1. The van der Waals surface area contributed by atoms with Crippen molar-refractivity contribution in [2.45, 2.75) is 51.2 Å². The summed E-state index contributed by atoms with van der Waals surface area (Å²) >= 11 is 0. The number of carbonyl (C=O) groups excluding carboxylic acids is 1. The van der Waals surface area contributed by atoms with Crippen molar-refractivity contribution in [2.75, 3.05) is 6.54 Å². The fourth-order valence-corrected chi connectivity index (χ4v) is 4.06. The van der Waals surface area contributed by atoms with Crippen molar-refractivity contribution in [1.29, 1.82) is 0 Å². The minimum absolute atomic E-state index is 0.0625. The normalized spacial score (nSPS) is 18.5. The Morgan fingerprint density at radius 2 is 1.86 bits per heavy atom. The molecule has 1 unspecified atom stereocenters. The monoisotopic (exact) mass is 480 g/mol. The fraction of sp³-hybridized carbons (Fsp3) is 0.400. The van der Waals surface area contributed by atoms with Crippen molar-refractivity contribution in [1.82, 2.24) is 20.6 Å². The van der Waals surface area contributed by atoms with Gasteiger partial charge < -0.3 is 19.9 Å². The Morgan fingerprint density at radius 3 is 2.60 bits per heavy atom. The summed E-state index contributed by atoms with van der Waals surface area (Å²) in [6, 6.07) is 13.0. The predicted octanol–water partition coefficient (Wildman–Crippen LogP) is 3.63. The number of benzene rings is 1. The molecule has 0 spiro atoms. The smallest absolute Gasteiger partial charge is 0.332 e. The summed E-state index contributed by atoms with van der Waals surface area (Å²) in [7, 11) is 0. The van der Waals surface area contributed by atoms with E-state index in [2.05, 4.69) is 20.6 Å². The van der Waals surface area contributed by atoms with Crippen LogP contribution < -0.4 is 10.1 Å². The van der Waals surface area contributed by atoms with Crippen LogP contribution in [0, 0.1) is 5.92 Å². The molecule has 1 amide bonds. The van der Waals surface area contributed by atoms with E-state index in [4.69, 9.17) is 19.2 Å². The van der Waals surface area contributed by atoms with E-state index in [1.165, 1.54) is 6.20 Å². The molecular formula is C25H28N4O6. The molecule has 2 heterocycles. The minimum Gasteiger partial charge on any atom is -0.479 e. The van der Waals surface area contributed by atoms with E-state index in [0.29, 0.717) is 18.7 Å². The van der Waals surface area contributed by atoms with Gasteiger partial charge in [0, 0.05) is 19.2 Å². The lowest BCUT2D eigenvalue weighted by molar-refractivity contribution is -0.154. The number of nitrogens with one attached hydrogen (secondary N) is 1. The third-order valence-corrected chi connectivity index (χ3v) is 6.03. The number of carbonyl (C=O) groups is 2. The van der Waals surface area contributed by atoms with E-state index < -0.39 is 12.1 Å². The highest BCUT2D eigenvalue weighted by Gasteiger charge is 2.26. The fourth-order valence-electron chi connectivity index (χ4n) is 4.06. The number of aromatic nitrogens is 3. The Kier molecular flexibility index (Phi) is 8.04. The van der Waals surface area contributed by atoms with E-state index in [1.807, 2.05) is 30.3 Å². The Labute approximate surface area is 202 Å². The van der Waals surface area contributed by atoms with Gasteiger partial charge in [0.2, 0.25) is 5.88 Å². The molecule has 10 heteroatoms. The van der Waals surface area contributed by atoms with E-state index in [0.717, 1.165) is 31.2 Å². The molecule has 1 aliphatic carbocycles. The number of rotatable bonds is 10. The zero-order valence-corrected chi connectivity index (χ0v) is 19.4. The van der Waals surface area contributed by atoms with Gasteiger partial charge in [-0.1, -0.05) is 35.5 Å². The Morgan fingerprint density at radius 1 is 1.09 bits per heavy atom. The van der Waals surface area contributed by atoms with Crippen molar-refractivity contribution in [3.63, 3.8) is 0 Å². The number of amides is 1. The highest BCUT2D eigenvalue weighted by atomic mass is 16.6. The van der Waals surface area contributed by atoms with Gasteiger partial charge in [-0.3, -0.25) is 4.79 Å². The quantitative estimate of drug-likeness (QED) is 0.446. The second-order valence-electron chi connectivity index (χ2n) is 8.61. The first kappa shape index (κ1) is 24.3. The second kappa shape index (κ2) is 11.6. The maximum atomic E-state index is 12.9. The van der Waals surface area contributed by atoms with E-state index in [9.17, 15) is 9.59 Å². The first-order valence-electron chi connectivity index (χ1n) is 11.6. The van der Waals surface area contributed by atoms with Gasteiger partial charge in [0.05, 0.1) is 6.10 Å². The zero-order chi connectivity index (χ0) is 24.6. The van der Waals surface area contributed by atoms with Crippen molar-refractivity contribution < 1.29 is 28.8 Å². The van der Waals surface area contributed by atoms with Crippen LogP contribution in [-0.4, -0.2) is 51.0 Å². The largest absolute Gasteiger partial charge is 0.479 e. The van der Waals surface area contributed by atoms with Gasteiger partial charge in [0.15, 0.2) is 11.8 Å². The van der Waals surface area contributed by atoms with Gasteiger partial charge >= 0.3 is 5.97 Å². The molecule has 1 aromatic carbocycles. The number of ether oxygens (including phenoxy) is 2. The summed E-state index contributed by atoms with van der Waals surface area (Å²) in [6.07, 6.45) is 4.36. The molecule has 184 valence electrons. The molecule has 4 rings (SSSR count). The first-order valence-corrected chi connectivity index (χ1v) is 11.6. The predicted molar refractivity (Wildman–Crippen MR) is 124 cm³/mol. The summed E-state index contributed by atoms with van der Waals surface area (Å²) < 4.78 is 16.3. The number of nitrogens with zero attached hydrogens (tertiary/aromatic N) is 3. The van der Waals surface area contributed by atoms with Gasteiger partial charge in [-0.25, -0.2) is 14.4 Å². The third-order valence-electron chi connectivity index (χ3n) is 6.03. The van der Waals surface area contributed by atoms with Crippen LogP contribution in [0.25, 0.3) is 0 Å². The molecule has 1 aliphatic rings. The number of hydrogen-bond acceptors (Lipinski definition) is 8. The molecule has 0 bridgehead atoms. The lowest BCUT2D eigenvalue weighted by Crippen LogP contribution is -2.34. The molecule has 0 radical (unpaired) electrons. The number of aliphatic carboxylic acids is 1. The molecule has 0 aliphatic heterocycles. The molecular weight excluding hydrogens is 452 g/mol. The van der Waals surface area contributed by atoms with Crippen molar-refractivity contribution in [3.05, 3.63) is 65.5 Å². The van der Waals surface area contributed by atoms with Crippen LogP contribution in [0.4, 0.5) is 0 Å². The number of hydrogen-bond donors (Lipinski definition) is 2. The van der Waals surface area contributed by atoms with Gasteiger partial charge in [-0.05, 0) is 61.4 Å². The molecule has 1 saturated carbocycles. The molecule has 1 atom stereocenters. The molecule has 2 aromatic heterocycles. The molecule has 35 heavy (non-hydrogen) atoms. The lowest BCUT2D eigenvalue weighted by Gasteiger charge is -2.29. The zero-order valence-electron chi connectivity index (χ0n) is 19.4. The van der Waals surface area contributed by atoms with Crippen LogP contribution in [0.5, 0.6) is 11.8 Å². The number of carboxylic acids is 1. The standard InChI is InChI=1S/C25H28N4O6/c1-16(25(31)32)33-19-11-9-18(10-12-19)15-27-22(30)20-8-5-13-26-23(20)34-24-21(28-35-29-24)14-17-6-3-2-4-7-17/h2-8,13,16,18-19H,9-12,14-15H2,1H3,(H,27,30)(H,31,32). The van der Waals surface area contributed by atoms with Gasteiger partial charge in [0.25, 0.3) is 11.8 Å². The van der Waals surface area contributed by atoms with Crippen LogP contribution in [-0.2, 0) is 16.0 Å². The van der Waals surface area contributed by atoms with Gasteiger partial charge in [0.1, 0.15) is 5.56 Å². The van der Waals surface area contributed by atoms with Gasteiger partial charge in [-0.2, -0.15) is 0 Å². The van der Waals surface area contributed by atoms with Crippen molar-refractivity contribution >= 4 is 11.9 Å². The summed E-state index contributed by atoms with van der Waals surface area (Å²) in [5, 5.41) is 19.7. The van der Waals surface area contributed by atoms with E-state index in [1.54, 1.807) is 19.1 Å². The Hall–Kier alpha value is -3.79. The highest BCUT2D eigenvalue weighted by Crippen LogP contribution is 2.28. The number of carboxylic acid groups (broad SMARTS) is 1. The Bertz CT molecular complexity index is 1130. The molecule has 2 N–H and O–H groups in total. The van der Waals surface area contributed by atoms with Gasteiger partial charge in [-0.15, -0.1) is 0 Å². The molecule has 3 aromatic rings. The maximum Gasteiger partial charge on any atom is 0.332 e. The van der Waals surface area contributed by atoms with Crippen molar-refractivity contribution in [3.8, 4) is 11.8 Å². The summed E-state index contributed by atoms with van der Waals surface area (Å²) in [6.45, 7) is 2.04. The average Bonchev–Trinajstić information content (AvgIpc) is 3.30. The summed E-state index contributed by atoms with van der Waals surface area (Å²) in [4.78, 5) is 28.1. The minimum atomic E-state index is -0.956. The van der Waals surface area contributed by atoms with Crippen LogP contribution in [0.3, 0.4) is 0 Å².